The van der Waals surface area contributed by atoms with Crippen LogP contribution in [-0.4, -0.2) is 35.9 Å². The summed E-state index contributed by atoms with van der Waals surface area (Å²) in [5, 5.41) is 16.5. The number of rotatable bonds is 6. The molecule has 1 aliphatic rings. The maximum absolute atomic E-state index is 12.6. The van der Waals surface area contributed by atoms with Gasteiger partial charge in [0, 0.05) is 23.7 Å². The van der Waals surface area contributed by atoms with Crippen LogP contribution in [0.4, 0.5) is 11.4 Å². The third kappa shape index (κ3) is 4.32. The normalized spacial score (nSPS) is 12.8. The molecule has 0 atom stereocenters. The fraction of sp³-hybridized carbons (Fsp3) is 0.211. The molecule has 0 saturated heterocycles. The van der Waals surface area contributed by atoms with Gasteiger partial charge in [-0.25, -0.2) is 4.79 Å². The lowest BCUT2D eigenvalue weighted by Crippen LogP contribution is -2.27. The average molecular weight is 383 g/mol. The summed E-state index contributed by atoms with van der Waals surface area (Å²) in [6.45, 7) is 0. The number of nitro groups is 1. The molecule has 2 aromatic rings. The molecule has 0 heterocycles. The monoisotopic (exact) mass is 383 g/mol. The van der Waals surface area contributed by atoms with Crippen LogP contribution in [0.5, 0.6) is 0 Å². The number of anilines is 1. The summed E-state index contributed by atoms with van der Waals surface area (Å²) in [6.07, 6.45) is 1.84. The Kier molecular flexibility index (Phi) is 5.35. The van der Waals surface area contributed by atoms with Crippen molar-refractivity contribution in [1.29, 1.82) is 0 Å². The maximum atomic E-state index is 12.6. The number of nitrogens with zero attached hydrogens (tertiary/aromatic N) is 1. The topological polar surface area (TPSA) is 128 Å². The van der Waals surface area contributed by atoms with Gasteiger partial charge in [0.1, 0.15) is 0 Å². The Balaban J connectivity index is 1.89. The zero-order valence-corrected chi connectivity index (χ0v) is 14.9. The molecule has 1 saturated carbocycles. The van der Waals surface area contributed by atoms with Crippen molar-refractivity contribution in [2.75, 3.05) is 12.4 Å². The lowest BCUT2D eigenvalue weighted by molar-refractivity contribution is -0.384. The van der Waals surface area contributed by atoms with E-state index in [1.165, 1.54) is 6.07 Å². The number of esters is 1. The fourth-order valence-corrected chi connectivity index (χ4v) is 2.56. The number of hydrogen-bond donors (Lipinski definition) is 2. The number of ether oxygens (including phenoxy) is 1. The SMILES string of the molecule is COC(=O)c1cc(C(=O)Nc2ccccc2C(=O)NC2CC2)cc([N+](=O)[O-])c1. The van der Waals surface area contributed by atoms with Crippen LogP contribution in [0.15, 0.2) is 42.5 Å². The number of para-hydroxylation sites is 1. The summed E-state index contributed by atoms with van der Waals surface area (Å²) in [7, 11) is 1.13. The van der Waals surface area contributed by atoms with Crippen LogP contribution >= 0.6 is 0 Å². The van der Waals surface area contributed by atoms with Crippen molar-refractivity contribution < 1.29 is 24.0 Å². The van der Waals surface area contributed by atoms with Gasteiger partial charge in [0.15, 0.2) is 0 Å². The van der Waals surface area contributed by atoms with Gasteiger partial charge in [-0.3, -0.25) is 19.7 Å². The van der Waals surface area contributed by atoms with Gasteiger partial charge in [0.2, 0.25) is 0 Å². The van der Waals surface area contributed by atoms with Crippen LogP contribution in [0.1, 0.15) is 43.9 Å². The number of methoxy groups -OCH3 is 1. The highest BCUT2D eigenvalue weighted by Gasteiger charge is 2.25. The first kappa shape index (κ1) is 19.0. The number of carbonyl (C=O) groups is 3. The molecule has 0 spiro atoms. The third-order valence-corrected chi connectivity index (χ3v) is 4.14. The predicted octanol–water partition coefficient (Wildman–Crippen LogP) is 2.53. The van der Waals surface area contributed by atoms with Crippen molar-refractivity contribution in [3.05, 3.63) is 69.3 Å². The first-order chi connectivity index (χ1) is 13.4. The van der Waals surface area contributed by atoms with Crippen LogP contribution in [0, 0.1) is 10.1 Å². The minimum absolute atomic E-state index is 0.105. The summed E-state index contributed by atoms with van der Waals surface area (Å²) >= 11 is 0. The number of amides is 2. The first-order valence-corrected chi connectivity index (χ1v) is 8.48. The fourth-order valence-electron chi connectivity index (χ4n) is 2.56. The second kappa shape index (κ2) is 7.87. The highest BCUT2D eigenvalue weighted by molar-refractivity contribution is 6.10. The Morgan fingerprint density at radius 3 is 2.39 bits per heavy atom. The maximum Gasteiger partial charge on any atom is 0.338 e. The van der Waals surface area contributed by atoms with Gasteiger partial charge < -0.3 is 15.4 Å². The van der Waals surface area contributed by atoms with Gasteiger partial charge in [-0.15, -0.1) is 0 Å². The minimum Gasteiger partial charge on any atom is -0.465 e. The Morgan fingerprint density at radius 2 is 1.75 bits per heavy atom. The number of carbonyl (C=O) groups excluding carboxylic acids is 3. The zero-order chi connectivity index (χ0) is 20.3. The molecule has 0 aliphatic heterocycles. The average Bonchev–Trinajstić information content (AvgIpc) is 3.51. The lowest BCUT2D eigenvalue weighted by Gasteiger charge is -2.11. The predicted molar refractivity (Wildman–Crippen MR) is 99.3 cm³/mol. The molecule has 9 nitrogen and oxygen atoms in total. The molecule has 2 amide bonds. The van der Waals surface area contributed by atoms with E-state index in [9.17, 15) is 24.5 Å². The zero-order valence-electron chi connectivity index (χ0n) is 14.9. The number of non-ortho nitro benzene ring substituents is 1. The van der Waals surface area contributed by atoms with Gasteiger partial charge >= 0.3 is 5.97 Å². The molecule has 2 aromatic carbocycles. The van der Waals surface area contributed by atoms with Crippen molar-refractivity contribution in [2.24, 2.45) is 0 Å². The third-order valence-electron chi connectivity index (χ3n) is 4.14. The largest absolute Gasteiger partial charge is 0.465 e. The molecule has 0 bridgehead atoms. The van der Waals surface area contributed by atoms with Crippen molar-refractivity contribution in [1.82, 2.24) is 5.32 Å². The van der Waals surface area contributed by atoms with Crippen molar-refractivity contribution in [3.63, 3.8) is 0 Å². The van der Waals surface area contributed by atoms with E-state index in [2.05, 4.69) is 15.4 Å². The van der Waals surface area contributed by atoms with Crippen LogP contribution in [0.2, 0.25) is 0 Å². The Hall–Kier alpha value is -3.75. The van der Waals surface area contributed by atoms with Crippen molar-refractivity contribution >= 4 is 29.2 Å². The van der Waals surface area contributed by atoms with E-state index in [0.29, 0.717) is 0 Å². The smallest absolute Gasteiger partial charge is 0.338 e. The molecular formula is C19H17N3O6. The van der Waals surface area contributed by atoms with Gasteiger partial charge in [-0.05, 0) is 31.0 Å². The summed E-state index contributed by atoms with van der Waals surface area (Å²) in [6, 6.07) is 9.86. The van der Waals surface area contributed by atoms with E-state index in [-0.39, 0.29) is 34.3 Å². The van der Waals surface area contributed by atoms with Crippen LogP contribution in [0.3, 0.4) is 0 Å². The summed E-state index contributed by atoms with van der Waals surface area (Å²) < 4.78 is 4.57. The Labute approximate surface area is 159 Å². The lowest BCUT2D eigenvalue weighted by atomic mass is 10.1. The molecule has 0 radical (unpaired) electrons. The van der Waals surface area contributed by atoms with E-state index in [1.807, 2.05) is 0 Å². The molecule has 1 fully saturated rings. The van der Waals surface area contributed by atoms with Gasteiger partial charge in [-0.2, -0.15) is 0 Å². The number of nitro benzene ring substituents is 1. The molecule has 144 valence electrons. The van der Waals surface area contributed by atoms with E-state index in [1.54, 1.807) is 24.3 Å². The molecular weight excluding hydrogens is 366 g/mol. The van der Waals surface area contributed by atoms with Gasteiger partial charge in [-0.1, -0.05) is 12.1 Å². The highest BCUT2D eigenvalue weighted by atomic mass is 16.6. The molecule has 0 aromatic heterocycles. The second-order valence-electron chi connectivity index (χ2n) is 6.26. The quantitative estimate of drug-likeness (QED) is 0.448. The van der Waals surface area contributed by atoms with Gasteiger partial charge in [0.05, 0.1) is 28.8 Å². The second-order valence-corrected chi connectivity index (χ2v) is 6.26. The number of benzene rings is 2. The minimum atomic E-state index is -0.804. The molecule has 2 N–H and O–H groups in total. The van der Waals surface area contributed by atoms with E-state index < -0.39 is 22.5 Å². The van der Waals surface area contributed by atoms with E-state index in [0.717, 1.165) is 32.1 Å². The van der Waals surface area contributed by atoms with E-state index in [4.69, 9.17) is 0 Å². The molecule has 28 heavy (non-hydrogen) atoms. The number of nitrogens with one attached hydrogen (secondary N) is 2. The Bertz CT molecular complexity index is 968. The molecule has 1 aliphatic carbocycles. The molecule has 0 unspecified atom stereocenters. The van der Waals surface area contributed by atoms with Crippen LogP contribution in [-0.2, 0) is 4.74 Å². The number of hydrogen-bond acceptors (Lipinski definition) is 6. The highest BCUT2D eigenvalue weighted by Crippen LogP contribution is 2.23. The van der Waals surface area contributed by atoms with Gasteiger partial charge in [0.25, 0.3) is 17.5 Å². The van der Waals surface area contributed by atoms with Crippen molar-refractivity contribution in [3.8, 4) is 0 Å². The standard InChI is InChI=1S/C19H17N3O6/c1-28-19(25)12-8-11(9-14(10-12)22(26)27)17(23)21-16-5-3-2-4-15(16)18(24)20-13-6-7-13/h2-5,8-10,13H,6-7H2,1H3,(H,20,24)(H,21,23). The van der Waals surface area contributed by atoms with E-state index >= 15 is 0 Å². The summed E-state index contributed by atoms with van der Waals surface area (Å²) in [5.74, 6) is -1.81. The summed E-state index contributed by atoms with van der Waals surface area (Å²) in [5.41, 5.74) is -0.112. The molecule has 9 heteroatoms. The molecule has 3 rings (SSSR count). The summed E-state index contributed by atoms with van der Waals surface area (Å²) in [4.78, 5) is 47.1. The van der Waals surface area contributed by atoms with Crippen LogP contribution in [0.25, 0.3) is 0 Å². The van der Waals surface area contributed by atoms with Crippen LogP contribution < -0.4 is 10.6 Å². The first-order valence-electron chi connectivity index (χ1n) is 8.48. The van der Waals surface area contributed by atoms with Crippen molar-refractivity contribution in [2.45, 2.75) is 18.9 Å². The Morgan fingerprint density at radius 1 is 1.07 bits per heavy atom.